The third-order valence-electron chi connectivity index (χ3n) is 6.02. The Kier molecular flexibility index (Phi) is 9.50. The summed E-state index contributed by atoms with van der Waals surface area (Å²) < 4.78 is 6.09. The van der Waals surface area contributed by atoms with Gasteiger partial charge in [-0.15, -0.1) is 24.0 Å². The Bertz CT molecular complexity index is 643. The zero-order valence-corrected chi connectivity index (χ0v) is 20.2. The Morgan fingerprint density at radius 1 is 1.21 bits per heavy atom. The minimum absolute atomic E-state index is 0. The van der Waals surface area contributed by atoms with Crippen LogP contribution in [0.15, 0.2) is 23.2 Å². The molecule has 0 bridgehead atoms. The van der Waals surface area contributed by atoms with Crippen LogP contribution < -0.4 is 5.32 Å². The Morgan fingerprint density at radius 2 is 1.96 bits per heavy atom. The predicted octanol–water partition coefficient (Wildman–Crippen LogP) is 3.60. The van der Waals surface area contributed by atoms with E-state index in [2.05, 4.69) is 59.2 Å². The van der Waals surface area contributed by atoms with E-state index in [1.807, 2.05) is 7.05 Å². The number of aliphatic imine (C=N–C) groups is 1. The second kappa shape index (κ2) is 11.4. The topological polar surface area (TPSA) is 40.1 Å². The molecule has 0 radical (unpaired) electrons. The van der Waals surface area contributed by atoms with E-state index in [1.54, 1.807) is 0 Å². The largest absolute Gasteiger partial charge is 0.370 e. The lowest BCUT2D eigenvalue weighted by Crippen LogP contribution is -2.48. The van der Waals surface area contributed by atoms with Gasteiger partial charge < -0.3 is 19.9 Å². The van der Waals surface area contributed by atoms with E-state index in [-0.39, 0.29) is 30.1 Å². The highest BCUT2D eigenvalue weighted by molar-refractivity contribution is 14.0. The smallest absolute Gasteiger partial charge is 0.193 e. The molecule has 2 aliphatic heterocycles. The fourth-order valence-electron chi connectivity index (χ4n) is 4.29. The molecule has 1 aromatic carbocycles. The summed E-state index contributed by atoms with van der Waals surface area (Å²) in [6.45, 7) is 10.3. The molecule has 0 spiro atoms. The SMILES string of the molecule is CN=C(NCCC1CCN(C)CC1)N1CCOC(c2ccc(C)cc2C)C1.I. The highest BCUT2D eigenvalue weighted by atomic mass is 127. The number of morpholine rings is 1. The van der Waals surface area contributed by atoms with Crippen molar-refractivity contribution >= 4 is 29.9 Å². The van der Waals surface area contributed by atoms with Crippen molar-refractivity contribution < 1.29 is 4.74 Å². The normalized spacial score (nSPS) is 22.1. The van der Waals surface area contributed by atoms with E-state index in [4.69, 9.17) is 4.74 Å². The van der Waals surface area contributed by atoms with Crippen LogP contribution in [0.5, 0.6) is 0 Å². The van der Waals surface area contributed by atoms with Crippen LogP contribution in [-0.4, -0.2) is 69.2 Å². The van der Waals surface area contributed by atoms with Crippen LogP contribution in [0.1, 0.15) is 42.1 Å². The lowest BCUT2D eigenvalue weighted by molar-refractivity contribution is -0.00833. The number of rotatable bonds is 4. The standard InChI is InChI=1S/C22H36N4O.HI/c1-17-5-6-20(18(2)15-17)21-16-26(13-14-27-21)22(23-3)24-10-7-19-8-11-25(4)12-9-19;/h5-6,15,19,21H,7-14,16H2,1-4H3,(H,23,24);1H. The van der Waals surface area contributed by atoms with Crippen LogP contribution in [0.2, 0.25) is 0 Å². The van der Waals surface area contributed by atoms with Crippen LogP contribution in [0.25, 0.3) is 0 Å². The molecule has 1 unspecified atom stereocenters. The number of hydrogen-bond donors (Lipinski definition) is 1. The van der Waals surface area contributed by atoms with Gasteiger partial charge in [0, 0.05) is 20.1 Å². The summed E-state index contributed by atoms with van der Waals surface area (Å²) in [7, 11) is 4.11. The quantitative estimate of drug-likeness (QED) is 0.390. The summed E-state index contributed by atoms with van der Waals surface area (Å²) in [6, 6.07) is 6.64. The van der Waals surface area contributed by atoms with Crippen molar-refractivity contribution in [2.75, 3.05) is 53.4 Å². The average Bonchev–Trinajstić information content (AvgIpc) is 2.67. The maximum atomic E-state index is 6.09. The van der Waals surface area contributed by atoms with Crippen LogP contribution in [0.3, 0.4) is 0 Å². The average molecular weight is 500 g/mol. The zero-order chi connectivity index (χ0) is 19.2. The van der Waals surface area contributed by atoms with Crippen molar-refractivity contribution in [2.24, 2.45) is 10.9 Å². The van der Waals surface area contributed by atoms with Gasteiger partial charge in [0.15, 0.2) is 5.96 Å². The summed E-state index contributed by atoms with van der Waals surface area (Å²) in [5.41, 5.74) is 3.91. The van der Waals surface area contributed by atoms with Gasteiger partial charge >= 0.3 is 0 Å². The molecule has 1 atom stereocenters. The Balaban J connectivity index is 0.00000280. The first kappa shape index (κ1) is 23.4. The van der Waals surface area contributed by atoms with Crippen molar-refractivity contribution in [3.05, 3.63) is 34.9 Å². The van der Waals surface area contributed by atoms with Crippen LogP contribution in [0.4, 0.5) is 0 Å². The van der Waals surface area contributed by atoms with Crippen molar-refractivity contribution in [3.8, 4) is 0 Å². The number of halogens is 1. The molecule has 6 heteroatoms. The molecule has 0 saturated carbocycles. The van der Waals surface area contributed by atoms with Gasteiger partial charge in [0.25, 0.3) is 0 Å². The fraction of sp³-hybridized carbons (Fsp3) is 0.682. The Morgan fingerprint density at radius 3 is 2.64 bits per heavy atom. The molecular weight excluding hydrogens is 463 g/mol. The van der Waals surface area contributed by atoms with Gasteiger partial charge in [0.05, 0.1) is 13.2 Å². The number of hydrogen-bond acceptors (Lipinski definition) is 3. The van der Waals surface area contributed by atoms with Crippen molar-refractivity contribution in [3.63, 3.8) is 0 Å². The molecule has 2 fully saturated rings. The number of benzene rings is 1. The highest BCUT2D eigenvalue weighted by Gasteiger charge is 2.25. The monoisotopic (exact) mass is 500 g/mol. The van der Waals surface area contributed by atoms with Crippen molar-refractivity contribution in [1.29, 1.82) is 0 Å². The fourth-order valence-corrected chi connectivity index (χ4v) is 4.29. The Hall–Kier alpha value is -0.860. The van der Waals surface area contributed by atoms with Gasteiger partial charge in [-0.2, -0.15) is 0 Å². The first-order chi connectivity index (χ1) is 13.1. The van der Waals surface area contributed by atoms with Gasteiger partial charge in [0.1, 0.15) is 6.10 Å². The van der Waals surface area contributed by atoms with Gasteiger partial charge in [-0.25, -0.2) is 0 Å². The molecule has 158 valence electrons. The number of nitrogens with zero attached hydrogens (tertiary/aromatic N) is 3. The molecule has 2 aliphatic rings. The molecule has 1 N–H and O–H groups in total. The first-order valence-electron chi connectivity index (χ1n) is 10.4. The number of ether oxygens (including phenoxy) is 1. The summed E-state index contributed by atoms with van der Waals surface area (Å²) in [5.74, 6) is 1.86. The van der Waals surface area contributed by atoms with Crippen molar-refractivity contribution in [1.82, 2.24) is 15.1 Å². The van der Waals surface area contributed by atoms with Crippen LogP contribution in [-0.2, 0) is 4.74 Å². The van der Waals surface area contributed by atoms with Gasteiger partial charge in [-0.3, -0.25) is 4.99 Å². The minimum Gasteiger partial charge on any atom is -0.370 e. The minimum atomic E-state index is 0. The second-order valence-corrected chi connectivity index (χ2v) is 8.17. The lowest BCUT2D eigenvalue weighted by atomic mass is 9.94. The maximum Gasteiger partial charge on any atom is 0.193 e. The van der Waals surface area contributed by atoms with E-state index in [0.29, 0.717) is 0 Å². The second-order valence-electron chi connectivity index (χ2n) is 8.17. The lowest BCUT2D eigenvalue weighted by Gasteiger charge is -2.36. The molecular formula is C22H37IN4O. The molecule has 1 aromatic rings. The highest BCUT2D eigenvalue weighted by Crippen LogP contribution is 2.26. The van der Waals surface area contributed by atoms with E-state index in [0.717, 1.165) is 38.1 Å². The molecule has 0 amide bonds. The molecule has 2 saturated heterocycles. The third-order valence-corrected chi connectivity index (χ3v) is 6.02. The zero-order valence-electron chi connectivity index (χ0n) is 17.9. The molecule has 0 aliphatic carbocycles. The molecule has 5 nitrogen and oxygen atoms in total. The Labute approximate surface area is 187 Å². The number of aryl methyl sites for hydroxylation is 2. The van der Waals surface area contributed by atoms with Gasteiger partial charge in [-0.05, 0) is 70.3 Å². The molecule has 28 heavy (non-hydrogen) atoms. The van der Waals surface area contributed by atoms with Gasteiger partial charge in [-0.1, -0.05) is 23.8 Å². The summed E-state index contributed by atoms with van der Waals surface area (Å²) in [4.78, 5) is 9.32. The van der Waals surface area contributed by atoms with E-state index < -0.39 is 0 Å². The summed E-state index contributed by atoms with van der Waals surface area (Å²) in [6.07, 6.45) is 4.00. The maximum absolute atomic E-state index is 6.09. The molecule has 2 heterocycles. The number of piperidine rings is 1. The molecule has 3 rings (SSSR count). The first-order valence-corrected chi connectivity index (χ1v) is 10.4. The summed E-state index contributed by atoms with van der Waals surface area (Å²) >= 11 is 0. The van der Waals surface area contributed by atoms with Crippen molar-refractivity contribution in [2.45, 2.75) is 39.2 Å². The number of nitrogens with one attached hydrogen (secondary N) is 1. The van der Waals surface area contributed by atoms with Crippen LogP contribution >= 0.6 is 24.0 Å². The number of guanidine groups is 1. The van der Waals surface area contributed by atoms with E-state index in [9.17, 15) is 0 Å². The summed E-state index contributed by atoms with van der Waals surface area (Å²) in [5, 5.41) is 3.60. The van der Waals surface area contributed by atoms with Gasteiger partial charge in [0.2, 0.25) is 0 Å². The molecule has 0 aromatic heterocycles. The predicted molar refractivity (Wildman–Crippen MR) is 128 cm³/mol. The van der Waals surface area contributed by atoms with E-state index in [1.165, 1.54) is 49.0 Å². The third kappa shape index (κ3) is 6.32. The van der Waals surface area contributed by atoms with Crippen LogP contribution in [0, 0.1) is 19.8 Å². The van der Waals surface area contributed by atoms with E-state index >= 15 is 0 Å². The number of likely N-dealkylation sites (tertiary alicyclic amines) is 1.